The Hall–Kier alpha value is -3.30. The van der Waals surface area contributed by atoms with Crippen molar-refractivity contribution in [2.24, 2.45) is 0 Å². The summed E-state index contributed by atoms with van der Waals surface area (Å²) in [7, 11) is 0. The van der Waals surface area contributed by atoms with Crippen LogP contribution >= 0.6 is 0 Å². The summed E-state index contributed by atoms with van der Waals surface area (Å²) in [6.45, 7) is 0.407. The molecule has 0 saturated heterocycles. The van der Waals surface area contributed by atoms with Crippen LogP contribution in [0.3, 0.4) is 0 Å². The first-order valence-electron chi connectivity index (χ1n) is 9.07. The Balaban J connectivity index is 1.57. The lowest BCUT2D eigenvalue weighted by Gasteiger charge is -2.11. The van der Waals surface area contributed by atoms with Crippen molar-refractivity contribution in [3.8, 4) is 5.75 Å². The first kappa shape index (κ1) is 23.0. The summed E-state index contributed by atoms with van der Waals surface area (Å²) in [4.78, 5) is 23.4. The summed E-state index contributed by atoms with van der Waals surface area (Å²) >= 11 is 0. The lowest BCUT2D eigenvalue weighted by Crippen LogP contribution is -2.41. The van der Waals surface area contributed by atoms with Crippen molar-refractivity contribution in [2.45, 2.75) is 12.6 Å². The average Bonchev–Trinajstić information content (AvgIpc) is 2.68. The molecule has 10 heteroatoms. The van der Waals surface area contributed by atoms with Crippen molar-refractivity contribution in [3.05, 3.63) is 65.5 Å². The van der Waals surface area contributed by atoms with Gasteiger partial charge in [-0.05, 0) is 35.9 Å². The van der Waals surface area contributed by atoms with Crippen LogP contribution in [-0.2, 0) is 17.4 Å². The molecule has 0 aliphatic rings. The van der Waals surface area contributed by atoms with E-state index in [0.29, 0.717) is 5.56 Å². The van der Waals surface area contributed by atoms with E-state index in [2.05, 4.69) is 16.0 Å². The van der Waals surface area contributed by atoms with E-state index in [4.69, 9.17) is 4.74 Å². The molecule has 3 amide bonds. The summed E-state index contributed by atoms with van der Waals surface area (Å²) in [6, 6.07) is 9.64. The van der Waals surface area contributed by atoms with Crippen LogP contribution in [0.5, 0.6) is 5.75 Å². The summed E-state index contributed by atoms with van der Waals surface area (Å²) in [5, 5.41) is 7.58. The highest BCUT2D eigenvalue weighted by molar-refractivity contribution is 5.78. The summed E-state index contributed by atoms with van der Waals surface area (Å²) in [5.41, 5.74) is -0.274. The molecule has 0 spiro atoms. The minimum absolute atomic E-state index is 0.0148. The van der Waals surface area contributed by atoms with Crippen LogP contribution < -0.4 is 20.7 Å². The number of urea groups is 1. The topological polar surface area (TPSA) is 79.5 Å². The van der Waals surface area contributed by atoms with E-state index in [1.807, 2.05) is 0 Å². The van der Waals surface area contributed by atoms with Gasteiger partial charge in [0.2, 0.25) is 5.91 Å². The first-order valence-corrected chi connectivity index (χ1v) is 9.07. The normalized spacial score (nSPS) is 10.9. The van der Waals surface area contributed by atoms with E-state index in [0.717, 1.165) is 12.1 Å². The van der Waals surface area contributed by atoms with Gasteiger partial charge in [-0.1, -0.05) is 18.2 Å². The molecule has 6 nitrogen and oxygen atoms in total. The van der Waals surface area contributed by atoms with Crippen LogP contribution in [0.2, 0.25) is 0 Å². The van der Waals surface area contributed by atoms with Crippen LogP contribution in [0.15, 0.2) is 48.5 Å². The van der Waals surface area contributed by atoms with E-state index < -0.39 is 23.6 Å². The fourth-order valence-electron chi connectivity index (χ4n) is 2.43. The molecular formula is C20H21F4N3O3. The summed E-state index contributed by atoms with van der Waals surface area (Å²) in [5.74, 6) is -0.680. The van der Waals surface area contributed by atoms with Crippen molar-refractivity contribution >= 4 is 11.9 Å². The number of hydrogen-bond donors (Lipinski definition) is 3. The van der Waals surface area contributed by atoms with Gasteiger partial charge >= 0.3 is 12.2 Å². The summed E-state index contributed by atoms with van der Waals surface area (Å²) in [6.07, 6.45) is -4.43. The third kappa shape index (κ3) is 8.38. The Bertz CT molecular complexity index is 859. The van der Waals surface area contributed by atoms with E-state index >= 15 is 0 Å². The van der Waals surface area contributed by atoms with Crippen molar-refractivity contribution in [1.82, 2.24) is 16.0 Å². The highest BCUT2D eigenvalue weighted by Crippen LogP contribution is 2.31. The molecule has 0 aliphatic carbocycles. The Morgan fingerprint density at radius 1 is 0.900 bits per heavy atom. The van der Waals surface area contributed by atoms with Crippen LogP contribution in [-0.4, -0.2) is 38.2 Å². The molecule has 0 bridgehead atoms. The number of nitrogens with one attached hydrogen (secondary N) is 3. The lowest BCUT2D eigenvalue weighted by atomic mass is 10.1. The first-order chi connectivity index (χ1) is 14.2. The molecule has 0 aromatic heterocycles. The standard InChI is InChI=1S/C20H21F4N3O3/c21-16-5-1-3-14(11-16)12-18(28)25-7-8-26-19(29)27-9-10-30-17-6-2-4-15(13-17)20(22,23)24/h1-6,11,13H,7-10,12H2,(H,25,28)(H2,26,27,29). The fraction of sp³-hybridized carbons (Fsp3) is 0.300. The predicted octanol–water partition coefficient (Wildman–Crippen LogP) is 2.88. The van der Waals surface area contributed by atoms with Gasteiger partial charge in [0.25, 0.3) is 0 Å². The summed E-state index contributed by atoms with van der Waals surface area (Å²) < 4.78 is 56.1. The molecule has 0 aliphatic heterocycles. The Labute approximate surface area is 170 Å². The second-order valence-electron chi connectivity index (χ2n) is 6.21. The number of hydrogen-bond acceptors (Lipinski definition) is 3. The monoisotopic (exact) mass is 427 g/mol. The largest absolute Gasteiger partial charge is 0.492 e. The lowest BCUT2D eigenvalue weighted by molar-refractivity contribution is -0.137. The number of rotatable bonds is 9. The van der Waals surface area contributed by atoms with Gasteiger partial charge in [0.1, 0.15) is 18.2 Å². The van der Waals surface area contributed by atoms with Crippen LogP contribution in [0.4, 0.5) is 22.4 Å². The third-order valence-electron chi connectivity index (χ3n) is 3.80. The molecule has 0 unspecified atom stereocenters. The quantitative estimate of drug-likeness (QED) is 0.425. The molecule has 2 rings (SSSR count). The van der Waals surface area contributed by atoms with Crippen LogP contribution in [0, 0.1) is 5.82 Å². The molecule has 0 fully saturated rings. The number of halogens is 4. The van der Waals surface area contributed by atoms with E-state index in [9.17, 15) is 27.2 Å². The number of ether oxygens (including phenoxy) is 1. The molecule has 0 atom stereocenters. The number of alkyl halides is 3. The minimum atomic E-state index is -4.45. The van der Waals surface area contributed by atoms with Crippen molar-refractivity contribution in [3.63, 3.8) is 0 Å². The maximum absolute atomic E-state index is 13.1. The molecule has 3 N–H and O–H groups in total. The van der Waals surface area contributed by atoms with Crippen molar-refractivity contribution in [2.75, 3.05) is 26.2 Å². The van der Waals surface area contributed by atoms with E-state index in [1.54, 1.807) is 6.07 Å². The molecule has 30 heavy (non-hydrogen) atoms. The maximum atomic E-state index is 13.1. The van der Waals surface area contributed by atoms with E-state index in [-0.39, 0.29) is 44.3 Å². The van der Waals surface area contributed by atoms with Crippen LogP contribution in [0.1, 0.15) is 11.1 Å². The SMILES string of the molecule is O=C(Cc1cccc(F)c1)NCCNC(=O)NCCOc1cccc(C(F)(F)F)c1. The smallest absolute Gasteiger partial charge is 0.416 e. The van der Waals surface area contributed by atoms with Gasteiger partial charge in [0.15, 0.2) is 0 Å². The van der Waals surface area contributed by atoms with Gasteiger partial charge in [0, 0.05) is 13.1 Å². The Morgan fingerprint density at radius 2 is 1.60 bits per heavy atom. The highest BCUT2D eigenvalue weighted by atomic mass is 19.4. The average molecular weight is 427 g/mol. The highest BCUT2D eigenvalue weighted by Gasteiger charge is 2.30. The maximum Gasteiger partial charge on any atom is 0.416 e. The molecular weight excluding hydrogens is 406 g/mol. The molecule has 0 radical (unpaired) electrons. The molecule has 0 heterocycles. The predicted molar refractivity (Wildman–Crippen MR) is 101 cm³/mol. The van der Waals surface area contributed by atoms with Gasteiger partial charge in [-0.25, -0.2) is 9.18 Å². The second kappa shape index (κ2) is 11.0. The fourth-order valence-corrected chi connectivity index (χ4v) is 2.43. The molecule has 162 valence electrons. The van der Waals surface area contributed by atoms with Crippen LogP contribution in [0.25, 0.3) is 0 Å². The van der Waals surface area contributed by atoms with Crippen molar-refractivity contribution in [1.29, 1.82) is 0 Å². The number of amides is 3. The third-order valence-corrected chi connectivity index (χ3v) is 3.80. The number of carbonyl (C=O) groups is 2. The number of carbonyl (C=O) groups excluding carboxylic acids is 2. The number of benzene rings is 2. The minimum Gasteiger partial charge on any atom is -0.492 e. The van der Waals surface area contributed by atoms with Gasteiger partial charge in [-0.15, -0.1) is 0 Å². The zero-order valence-corrected chi connectivity index (χ0v) is 15.9. The molecule has 2 aromatic carbocycles. The second-order valence-corrected chi connectivity index (χ2v) is 6.21. The van der Waals surface area contributed by atoms with Gasteiger partial charge in [-0.2, -0.15) is 13.2 Å². The van der Waals surface area contributed by atoms with Crippen molar-refractivity contribution < 1.29 is 31.9 Å². The van der Waals surface area contributed by atoms with E-state index in [1.165, 1.54) is 30.3 Å². The van der Waals surface area contributed by atoms with Gasteiger partial charge in [-0.3, -0.25) is 4.79 Å². The Kier molecular flexibility index (Phi) is 8.45. The zero-order chi connectivity index (χ0) is 22.0. The van der Waals surface area contributed by atoms with Gasteiger partial charge in [0.05, 0.1) is 18.5 Å². The molecule has 2 aromatic rings. The zero-order valence-electron chi connectivity index (χ0n) is 15.9. The molecule has 0 saturated carbocycles. The van der Waals surface area contributed by atoms with Gasteiger partial charge < -0.3 is 20.7 Å². The Morgan fingerprint density at radius 3 is 2.33 bits per heavy atom.